The lowest BCUT2D eigenvalue weighted by molar-refractivity contribution is -0.145. The highest BCUT2D eigenvalue weighted by molar-refractivity contribution is 6.24. The van der Waals surface area contributed by atoms with E-state index in [1.807, 2.05) is 55.5 Å². The Morgan fingerprint density at radius 2 is 0.917 bits per heavy atom. The molecule has 0 spiro atoms. The van der Waals surface area contributed by atoms with Gasteiger partial charge in [0.05, 0.1) is 29.9 Å². The van der Waals surface area contributed by atoms with E-state index in [2.05, 4.69) is 22.3 Å². The van der Waals surface area contributed by atoms with Crippen LogP contribution in [0, 0.1) is 30.6 Å². The molecule has 5 aromatic rings. The maximum atomic E-state index is 13.6. The number of esters is 4. The molecule has 0 heterocycles. The molecule has 3 aliphatic rings. The molecule has 60 heavy (non-hydrogen) atoms. The van der Waals surface area contributed by atoms with Crippen molar-refractivity contribution in [2.24, 2.45) is 33.9 Å². The molecule has 0 amide bonds. The monoisotopic (exact) mass is 803 g/mol. The predicted octanol–water partition coefficient (Wildman–Crippen LogP) is 9.06. The average molecular weight is 804 g/mol. The predicted molar refractivity (Wildman–Crippen MR) is 227 cm³/mol. The average Bonchev–Trinajstić information content (AvgIpc) is 3.59. The van der Waals surface area contributed by atoms with Crippen LogP contribution in [0.4, 0.5) is 5.69 Å². The molecule has 2 N–H and O–H groups in total. The third-order valence-corrected chi connectivity index (χ3v) is 11.5. The van der Waals surface area contributed by atoms with Gasteiger partial charge in [-0.15, -0.1) is 5.10 Å². The van der Waals surface area contributed by atoms with Crippen LogP contribution >= 0.6 is 0 Å². The largest absolute Gasteiger partial charge is 0.426 e. The third-order valence-electron chi connectivity index (χ3n) is 11.5. The summed E-state index contributed by atoms with van der Waals surface area (Å²) in [5, 5.41) is 9.11. The van der Waals surface area contributed by atoms with Gasteiger partial charge in [-0.25, -0.2) is 0 Å². The van der Waals surface area contributed by atoms with E-state index in [-0.39, 0.29) is 35.3 Å². The summed E-state index contributed by atoms with van der Waals surface area (Å²) in [5.41, 5.74) is 12.5. The molecule has 8 rings (SSSR count). The number of nitrogens with two attached hydrogens (primary N) is 1. The van der Waals surface area contributed by atoms with Gasteiger partial charge < -0.3 is 24.7 Å². The van der Waals surface area contributed by atoms with E-state index in [1.165, 1.54) is 6.21 Å². The van der Waals surface area contributed by atoms with Crippen LogP contribution in [0.2, 0.25) is 0 Å². The van der Waals surface area contributed by atoms with Crippen molar-refractivity contribution in [3.63, 3.8) is 0 Å². The summed E-state index contributed by atoms with van der Waals surface area (Å²) in [4.78, 5) is 52.8. The molecule has 0 radical (unpaired) electrons. The highest BCUT2D eigenvalue weighted by atomic mass is 16.5. The van der Waals surface area contributed by atoms with Crippen LogP contribution in [-0.2, 0) is 19.2 Å². The molecule has 3 aliphatic carbocycles. The number of fused-ring (bicyclic) bond motifs is 3. The Kier molecular flexibility index (Phi) is 11.9. The molecule has 2 saturated carbocycles. The number of carbonyl (C=O) groups is 4. The molecule has 0 saturated heterocycles. The Labute approximate surface area is 348 Å². The molecular formula is C49H45N3O8. The van der Waals surface area contributed by atoms with Gasteiger partial charge in [0.15, 0.2) is 0 Å². The van der Waals surface area contributed by atoms with E-state index < -0.39 is 23.8 Å². The second kappa shape index (κ2) is 17.9. The number of hydrogen-bond acceptors (Lipinski definition) is 11. The molecule has 5 aromatic carbocycles. The van der Waals surface area contributed by atoms with Crippen LogP contribution in [0.25, 0.3) is 11.1 Å². The molecule has 11 heteroatoms. The van der Waals surface area contributed by atoms with Crippen molar-refractivity contribution in [2.45, 2.75) is 58.3 Å². The van der Waals surface area contributed by atoms with E-state index in [9.17, 15) is 19.2 Å². The standard InChI is InChI=1S/C49H45N3O8/c1-30-10-22-37(23-11-30)57-46(53)32-16-18-34(19-17-32)49(56)60-44-27-26-39(59-48(55)33-14-12-31(13-15-33)47(54)58-38-24-20-36(50)21-25-38)28-35(44)29-51-52-45-42-8-4-2-6-40(42)41-7-3-5-9-43(41)45/h2-11,20-29,31-34H,12-19,50H2,1H3/b51-29+. The second-order valence-electron chi connectivity index (χ2n) is 15.6. The molecule has 0 unspecified atom stereocenters. The first-order valence-electron chi connectivity index (χ1n) is 20.4. The van der Waals surface area contributed by atoms with Gasteiger partial charge in [0.25, 0.3) is 0 Å². The zero-order valence-electron chi connectivity index (χ0n) is 33.3. The van der Waals surface area contributed by atoms with E-state index in [0.29, 0.717) is 79.8 Å². The summed E-state index contributed by atoms with van der Waals surface area (Å²) in [6.45, 7) is 1.97. The summed E-state index contributed by atoms with van der Waals surface area (Å²) >= 11 is 0. The van der Waals surface area contributed by atoms with E-state index >= 15 is 0 Å². The van der Waals surface area contributed by atoms with Gasteiger partial charge in [0.1, 0.15) is 28.7 Å². The first-order valence-corrected chi connectivity index (χ1v) is 20.4. The van der Waals surface area contributed by atoms with Gasteiger partial charge in [-0.05, 0) is 124 Å². The summed E-state index contributed by atoms with van der Waals surface area (Å²) in [5.74, 6) is -1.50. The van der Waals surface area contributed by atoms with Crippen LogP contribution in [0.3, 0.4) is 0 Å². The third kappa shape index (κ3) is 9.20. The number of anilines is 1. The number of aryl methyl sites for hydroxylation is 1. The lowest BCUT2D eigenvalue weighted by Crippen LogP contribution is -2.30. The van der Waals surface area contributed by atoms with Crippen molar-refractivity contribution in [1.29, 1.82) is 0 Å². The zero-order chi connectivity index (χ0) is 41.6. The molecule has 0 aliphatic heterocycles. The number of benzene rings is 5. The fourth-order valence-corrected chi connectivity index (χ4v) is 8.10. The minimum atomic E-state index is -0.420. The maximum absolute atomic E-state index is 13.6. The molecule has 2 fully saturated rings. The Balaban J connectivity index is 0.950. The van der Waals surface area contributed by atoms with Crippen LogP contribution in [0.5, 0.6) is 23.0 Å². The number of nitrogen functional groups attached to an aromatic ring is 1. The summed E-state index contributed by atoms with van der Waals surface area (Å²) in [7, 11) is 0. The van der Waals surface area contributed by atoms with Crippen molar-refractivity contribution in [3.8, 4) is 34.1 Å². The smallest absolute Gasteiger partial charge is 0.314 e. The van der Waals surface area contributed by atoms with Gasteiger partial charge >= 0.3 is 23.9 Å². The Hall–Kier alpha value is -6.88. The van der Waals surface area contributed by atoms with Crippen molar-refractivity contribution in [1.82, 2.24) is 0 Å². The Morgan fingerprint density at radius 3 is 1.40 bits per heavy atom. The SMILES string of the molecule is Cc1ccc(OC(=O)C2CCC(C(=O)Oc3ccc(OC(=O)C4CCC(C(=O)Oc5ccc(N)cc5)CC4)cc3/C=N/N=C3c4ccccc4-c4ccccc43)CC2)cc1. The van der Waals surface area contributed by atoms with Crippen molar-refractivity contribution >= 4 is 41.5 Å². The van der Waals surface area contributed by atoms with E-state index in [0.717, 1.165) is 27.8 Å². The fourth-order valence-electron chi connectivity index (χ4n) is 8.10. The van der Waals surface area contributed by atoms with Crippen LogP contribution in [0.1, 0.15) is 73.6 Å². The van der Waals surface area contributed by atoms with Crippen molar-refractivity contribution < 1.29 is 38.1 Å². The lowest BCUT2D eigenvalue weighted by atomic mass is 9.82. The van der Waals surface area contributed by atoms with Gasteiger partial charge in [0, 0.05) is 22.4 Å². The summed E-state index contributed by atoms with van der Waals surface area (Å²) < 4.78 is 23.0. The number of rotatable bonds is 10. The Morgan fingerprint density at radius 1 is 0.517 bits per heavy atom. The summed E-state index contributed by atoms with van der Waals surface area (Å²) in [6.07, 6.45) is 5.35. The molecule has 304 valence electrons. The number of nitrogens with zero attached hydrogens (tertiary/aromatic N) is 2. The number of ether oxygens (including phenoxy) is 4. The topological polar surface area (TPSA) is 156 Å². The minimum absolute atomic E-state index is 0.233. The molecule has 0 aromatic heterocycles. The second-order valence-corrected chi connectivity index (χ2v) is 15.6. The quantitative estimate of drug-likeness (QED) is 0.0469. The first kappa shape index (κ1) is 39.9. The van der Waals surface area contributed by atoms with Crippen LogP contribution < -0.4 is 24.7 Å². The van der Waals surface area contributed by atoms with Crippen molar-refractivity contribution in [2.75, 3.05) is 5.73 Å². The minimum Gasteiger partial charge on any atom is -0.426 e. The Bertz CT molecular complexity index is 2410. The van der Waals surface area contributed by atoms with Gasteiger partial charge in [-0.1, -0.05) is 66.2 Å². The highest BCUT2D eigenvalue weighted by Crippen LogP contribution is 2.38. The molecule has 11 nitrogen and oxygen atoms in total. The van der Waals surface area contributed by atoms with Crippen molar-refractivity contribution in [3.05, 3.63) is 138 Å². The number of carbonyl (C=O) groups excluding carboxylic acids is 4. The normalized spacial score (nSPS) is 19.4. The van der Waals surface area contributed by atoms with Crippen LogP contribution in [0.15, 0.2) is 125 Å². The fraction of sp³-hybridized carbons (Fsp3) is 0.265. The summed E-state index contributed by atoms with van der Waals surface area (Å²) in [6, 6.07) is 34.8. The van der Waals surface area contributed by atoms with Gasteiger partial charge in [-0.2, -0.15) is 5.10 Å². The van der Waals surface area contributed by atoms with Gasteiger partial charge in [-0.3, -0.25) is 19.2 Å². The van der Waals surface area contributed by atoms with E-state index in [1.54, 1.807) is 54.6 Å². The van der Waals surface area contributed by atoms with Crippen LogP contribution in [-0.4, -0.2) is 35.8 Å². The maximum Gasteiger partial charge on any atom is 0.314 e. The molecule has 0 atom stereocenters. The highest BCUT2D eigenvalue weighted by Gasteiger charge is 2.34. The first-order chi connectivity index (χ1) is 29.2. The zero-order valence-corrected chi connectivity index (χ0v) is 33.3. The number of hydrogen-bond donors (Lipinski definition) is 1. The van der Waals surface area contributed by atoms with Gasteiger partial charge in [0.2, 0.25) is 0 Å². The molecular weight excluding hydrogens is 759 g/mol. The van der Waals surface area contributed by atoms with E-state index in [4.69, 9.17) is 24.7 Å². The molecule has 0 bridgehead atoms. The lowest BCUT2D eigenvalue weighted by Gasteiger charge is -2.26.